The average molecular weight is 237 g/mol. The van der Waals surface area contributed by atoms with Crippen LogP contribution in [0.25, 0.3) is 11.5 Å². The number of hydrogen-bond donors (Lipinski definition) is 1. The maximum absolute atomic E-state index is 11.1. The third-order valence-electron chi connectivity index (χ3n) is 2.02. The lowest BCUT2D eigenvalue weighted by atomic mass is 10.2. The van der Waals surface area contributed by atoms with Crippen LogP contribution >= 0.6 is 0 Å². The zero-order chi connectivity index (χ0) is 12.4. The first-order chi connectivity index (χ1) is 8.13. The summed E-state index contributed by atoms with van der Waals surface area (Å²) >= 11 is 0. The van der Waals surface area contributed by atoms with Gasteiger partial charge in [-0.15, -0.1) is 0 Å². The molecular formula is C10H7NO6. The summed E-state index contributed by atoms with van der Waals surface area (Å²) in [7, 11) is 1.21. The highest BCUT2D eigenvalue weighted by Gasteiger charge is 2.21. The van der Waals surface area contributed by atoms with Gasteiger partial charge in [-0.3, -0.25) is 0 Å². The van der Waals surface area contributed by atoms with Gasteiger partial charge in [-0.25, -0.2) is 9.59 Å². The van der Waals surface area contributed by atoms with Crippen molar-refractivity contribution < 1.29 is 28.4 Å². The maximum Gasteiger partial charge on any atom is 0.373 e. The molecule has 0 unspecified atom stereocenters. The number of carboxylic acid groups (broad SMARTS) is 1. The molecule has 0 aromatic carbocycles. The second kappa shape index (κ2) is 4.12. The monoisotopic (exact) mass is 237 g/mol. The van der Waals surface area contributed by atoms with Gasteiger partial charge in [-0.05, 0) is 12.1 Å². The Balaban J connectivity index is 2.40. The number of hydrogen-bond acceptors (Lipinski definition) is 6. The predicted octanol–water partition coefficient (Wildman–Crippen LogP) is 1.42. The molecule has 17 heavy (non-hydrogen) atoms. The summed E-state index contributed by atoms with van der Waals surface area (Å²) < 4.78 is 14.3. The normalized spacial score (nSPS) is 10.2. The summed E-state index contributed by atoms with van der Waals surface area (Å²) in [5, 5.41) is 12.2. The quantitative estimate of drug-likeness (QED) is 0.805. The van der Waals surface area contributed by atoms with Gasteiger partial charge in [0.15, 0.2) is 5.76 Å². The van der Waals surface area contributed by atoms with Crippen molar-refractivity contribution in [2.75, 3.05) is 7.11 Å². The zero-order valence-corrected chi connectivity index (χ0v) is 8.67. The van der Waals surface area contributed by atoms with Crippen LogP contribution < -0.4 is 0 Å². The van der Waals surface area contributed by atoms with E-state index in [0.29, 0.717) is 0 Å². The van der Waals surface area contributed by atoms with Crippen molar-refractivity contribution in [1.82, 2.24) is 5.16 Å². The summed E-state index contributed by atoms with van der Waals surface area (Å²) in [5.41, 5.74) is -0.143. The summed E-state index contributed by atoms with van der Waals surface area (Å²) in [6, 6.07) is 2.76. The SMILES string of the molecule is COC(=O)c1ccc(-c2oncc2C(=O)O)o1. The fourth-order valence-corrected chi connectivity index (χ4v) is 1.24. The molecule has 7 heteroatoms. The van der Waals surface area contributed by atoms with Crippen LogP contribution in [-0.2, 0) is 4.74 Å². The number of aromatic carboxylic acids is 1. The molecule has 2 aromatic rings. The largest absolute Gasteiger partial charge is 0.477 e. The number of ether oxygens (including phenoxy) is 1. The van der Waals surface area contributed by atoms with E-state index in [1.165, 1.54) is 19.2 Å². The molecule has 0 amide bonds. The predicted molar refractivity (Wildman–Crippen MR) is 52.5 cm³/mol. The van der Waals surface area contributed by atoms with E-state index in [1.54, 1.807) is 0 Å². The number of carbonyl (C=O) groups excluding carboxylic acids is 1. The summed E-state index contributed by atoms with van der Waals surface area (Å²) in [6.07, 6.45) is 1.05. The van der Waals surface area contributed by atoms with E-state index in [0.717, 1.165) is 6.20 Å². The minimum Gasteiger partial charge on any atom is -0.477 e. The molecule has 0 atom stereocenters. The van der Waals surface area contributed by atoms with E-state index in [4.69, 9.17) is 14.0 Å². The van der Waals surface area contributed by atoms with Crippen LogP contribution in [0.15, 0.2) is 27.3 Å². The van der Waals surface area contributed by atoms with Crippen molar-refractivity contribution in [3.63, 3.8) is 0 Å². The molecule has 88 valence electrons. The molecule has 0 radical (unpaired) electrons. The molecule has 0 aliphatic carbocycles. The Kier molecular flexibility index (Phi) is 2.65. The van der Waals surface area contributed by atoms with Gasteiger partial charge < -0.3 is 18.8 Å². The number of carboxylic acids is 1. The average Bonchev–Trinajstić information content (AvgIpc) is 2.95. The molecule has 2 rings (SSSR count). The van der Waals surface area contributed by atoms with Crippen molar-refractivity contribution in [3.8, 4) is 11.5 Å². The van der Waals surface area contributed by atoms with E-state index >= 15 is 0 Å². The first-order valence-corrected chi connectivity index (χ1v) is 4.50. The summed E-state index contributed by atoms with van der Waals surface area (Å²) in [5.74, 6) is -1.85. The van der Waals surface area contributed by atoms with Crippen molar-refractivity contribution >= 4 is 11.9 Å². The number of aromatic nitrogens is 1. The van der Waals surface area contributed by atoms with Gasteiger partial charge in [0.05, 0.1) is 13.3 Å². The van der Waals surface area contributed by atoms with E-state index in [-0.39, 0.29) is 22.8 Å². The number of rotatable bonds is 3. The Morgan fingerprint density at radius 3 is 2.82 bits per heavy atom. The third-order valence-corrected chi connectivity index (χ3v) is 2.02. The lowest BCUT2D eigenvalue weighted by Crippen LogP contribution is -1.98. The minimum atomic E-state index is -1.20. The molecule has 1 N–H and O–H groups in total. The lowest BCUT2D eigenvalue weighted by molar-refractivity contribution is 0.0565. The zero-order valence-electron chi connectivity index (χ0n) is 8.67. The molecule has 0 aliphatic heterocycles. The van der Waals surface area contributed by atoms with Gasteiger partial charge in [-0.2, -0.15) is 0 Å². The third kappa shape index (κ3) is 1.89. The van der Waals surface area contributed by atoms with Crippen LogP contribution in [0.5, 0.6) is 0 Å². The summed E-state index contributed by atoms with van der Waals surface area (Å²) in [6.45, 7) is 0. The molecule has 0 spiro atoms. The second-order valence-electron chi connectivity index (χ2n) is 3.03. The summed E-state index contributed by atoms with van der Waals surface area (Å²) in [4.78, 5) is 22.0. The molecule has 7 nitrogen and oxygen atoms in total. The number of carbonyl (C=O) groups is 2. The van der Waals surface area contributed by atoms with Gasteiger partial charge in [0.2, 0.25) is 11.5 Å². The Morgan fingerprint density at radius 2 is 2.18 bits per heavy atom. The number of methoxy groups -OCH3 is 1. The molecule has 2 aromatic heterocycles. The maximum atomic E-state index is 11.1. The first kappa shape index (κ1) is 10.9. The smallest absolute Gasteiger partial charge is 0.373 e. The number of esters is 1. The molecule has 0 bridgehead atoms. The van der Waals surface area contributed by atoms with Crippen molar-refractivity contribution in [1.29, 1.82) is 0 Å². The van der Waals surface area contributed by atoms with E-state index in [2.05, 4.69) is 9.89 Å². The van der Waals surface area contributed by atoms with Crippen molar-refractivity contribution in [3.05, 3.63) is 29.7 Å². The van der Waals surface area contributed by atoms with E-state index in [9.17, 15) is 9.59 Å². The van der Waals surface area contributed by atoms with Crippen molar-refractivity contribution in [2.24, 2.45) is 0 Å². The molecule has 0 fully saturated rings. The number of furan rings is 1. The highest BCUT2D eigenvalue weighted by atomic mass is 16.5. The minimum absolute atomic E-state index is 0.0461. The van der Waals surface area contributed by atoms with Gasteiger partial charge >= 0.3 is 11.9 Å². The molecule has 2 heterocycles. The highest BCUT2D eigenvalue weighted by molar-refractivity contribution is 5.93. The molecule has 0 aliphatic rings. The van der Waals surface area contributed by atoms with Crippen LogP contribution in [-0.4, -0.2) is 29.3 Å². The standard InChI is InChI=1S/C10H7NO6/c1-15-10(14)7-3-2-6(16-7)8-5(9(12)13)4-11-17-8/h2-4H,1H3,(H,12,13). The molecular weight excluding hydrogens is 230 g/mol. The van der Waals surface area contributed by atoms with Gasteiger partial charge in [0.25, 0.3) is 0 Å². The van der Waals surface area contributed by atoms with Crippen LogP contribution in [0.4, 0.5) is 0 Å². The lowest BCUT2D eigenvalue weighted by Gasteiger charge is -1.94. The Bertz CT molecular complexity index is 567. The topological polar surface area (TPSA) is 103 Å². The molecule has 0 saturated heterocycles. The second-order valence-corrected chi connectivity index (χ2v) is 3.03. The number of nitrogens with zero attached hydrogens (tertiary/aromatic N) is 1. The van der Waals surface area contributed by atoms with Gasteiger partial charge in [0.1, 0.15) is 5.56 Å². The Hall–Kier alpha value is -2.57. The Morgan fingerprint density at radius 1 is 1.41 bits per heavy atom. The van der Waals surface area contributed by atoms with Crippen LogP contribution in [0.1, 0.15) is 20.9 Å². The fourth-order valence-electron chi connectivity index (χ4n) is 1.24. The van der Waals surface area contributed by atoms with Crippen LogP contribution in [0, 0.1) is 0 Å². The van der Waals surface area contributed by atoms with Gasteiger partial charge in [-0.1, -0.05) is 5.16 Å². The first-order valence-electron chi connectivity index (χ1n) is 4.50. The van der Waals surface area contributed by atoms with Crippen LogP contribution in [0.3, 0.4) is 0 Å². The van der Waals surface area contributed by atoms with Crippen molar-refractivity contribution in [2.45, 2.75) is 0 Å². The molecule has 0 saturated carbocycles. The van der Waals surface area contributed by atoms with Crippen LogP contribution in [0.2, 0.25) is 0 Å². The highest BCUT2D eigenvalue weighted by Crippen LogP contribution is 2.25. The Labute approximate surface area is 94.6 Å². The fraction of sp³-hybridized carbons (Fsp3) is 0.100. The van der Waals surface area contributed by atoms with Gasteiger partial charge in [0, 0.05) is 0 Å². The van der Waals surface area contributed by atoms with E-state index in [1.807, 2.05) is 0 Å². The van der Waals surface area contributed by atoms with E-state index < -0.39 is 11.9 Å².